The van der Waals surface area contributed by atoms with E-state index in [4.69, 9.17) is 4.74 Å². The van der Waals surface area contributed by atoms with E-state index in [2.05, 4.69) is 20.8 Å². The number of hydrogen-bond donors (Lipinski definition) is 0. The standard InChI is InChI=1S/C24H36O4/c1-14(25)18-6-7-19-17-9-10-22(3)13-16(28-15(2)26)8-11-23(22,4)20(17)12-21(27)24(18,19)5/h16-20H,6-13H2,1-5H3/t16-,17-,18+,19-,20-,22-,23+,24+/m0/s1. The van der Waals surface area contributed by atoms with Crippen LogP contribution in [0.3, 0.4) is 0 Å². The van der Waals surface area contributed by atoms with Crippen molar-refractivity contribution in [1.29, 1.82) is 0 Å². The highest BCUT2D eigenvalue weighted by atomic mass is 16.5. The molecule has 0 N–H and O–H groups in total. The number of ether oxygens (including phenoxy) is 1. The molecule has 0 heterocycles. The van der Waals surface area contributed by atoms with E-state index in [0.29, 0.717) is 30.0 Å². The summed E-state index contributed by atoms with van der Waals surface area (Å²) in [6.07, 6.45) is 7.67. The van der Waals surface area contributed by atoms with Gasteiger partial charge in [0.15, 0.2) is 0 Å². The zero-order chi connectivity index (χ0) is 20.5. The van der Waals surface area contributed by atoms with Gasteiger partial charge in [0.25, 0.3) is 0 Å². The van der Waals surface area contributed by atoms with Gasteiger partial charge in [-0.3, -0.25) is 14.4 Å². The van der Waals surface area contributed by atoms with Gasteiger partial charge in [0.05, 0.1) is 0 Å². The lowest BCUT2D eigenvalue weighted by Crippen LogP contribution is -2.60. The first-order valence-electron chi connectivity index (χ1n) is 11.2. The second-order valence-corrected chi connectivity index (χ2v) is 11.0. The molecule has 4 heteroatoms. The van der Waals surface area contributed by atoms with Gasteiger partial charge < -0.3 is 4.74 Å². The third-order valence-corrected chi connectivity index (χ3v) is 10.0. The molecule has 0 bridgehead atoms. The fraction of sp³-hybridized carbons (Fsp3) is 0.875. The van der Waals surface area contributed by atoms with Gasteiger partial charge in [-0.15, -0.1) is 0 Å². The van der Waals surface area contributed by atoms with Crippen LogP contribution < -0.4 is 0 Å². The van der Waals surface area contributed by atoms with Crippen LogP contribution in [0.1, 0.15) is 86.0 Å². The van der Waals surface area contributed by atoms with Crippen molar-refractivity contribution in [3.8, 4) is 0 Å². The van der Waals surface area contributed by atoms with Crippen LogP contribution in [0.25, 0.3) is 0 Å². The second kappa shape index (κ2) is 6.40. The van der Waals surface area contributed by atoms with E-state index in [-0.39, 0.29) is 34.6 Å². The Morgan fingerprint density at radius 3 is 2.32 bits per heavy atom. The zero-order valence-corrected chi connectivity index (χ0v) is 18.2. The van der Waals surface area contributed by atoms with E-state index in [9.17, 15) is 14.4 Å². The van der Waals surface area contributed by atoms with Gasteiger partial charge in [-0.2, -0.15) is 0 Å². The number of fused-ring (bicyclic) bond motifs is 5. The second-order valence-electron chi connectivity index (χ2n) is 11.0. The summed E-state index contributed by atoms with van der Waals surface area (Å²) in [5.74, 6) is 1.59. The van der Waals surface area contributed by atoms with E-state index in [1.54, 1.807) is 6.92 Å². The van der Waals surface area contributed by atoms with Gasteiger partial charge in [0.2, 0.25) is 0 Å². The third-order valence-electron chi connectivity index (χ3n) is 10.0. The van der Waals surface area contributed by atoms with E-state index in [1.807, 2.05) is 0 Å². The number of ketones is 2. The van der Waals surface area contributed by atoms with Crippen LogP contribution in [0.5, 0.6) is 0 Å². The fourth-order valence-electron chi connectivity index (χ4n) is 8.28. The Morgan fingerprint density at radius 2 is 1.68 bits per heavy atom. The number of carbonyl (C=O) groups excluding carboxylic acids is 3. The number of Topliss-reactive ketones (excluding diaryl/α,β-unsaturated/α-hetero) is 2. The highest BCUT2D eigenvalue weighted by Gasteiger charge is 2.66. The Hall–Kier alpha value is -1.19. The molecule has 4 fully saturated rings. The molecule has 0 spiro atoms. The predicted octanol–water partition coefficient (Wildman–Crippen LogP) is 4.74. The average molecular weight is 389 g/mol. The van der Waals surface area contributed by atoms with Crippen LogP contribution in [0.15, 0.2) is 0 Å². The molecule has 0 aromatic heterocycles. The molecule has 156 valence electrons. The van der Waals surface area contributed by atoms with Crippen molar-refractivity contribution < 1.29 is 19.1 Å². The quantitative estimate of drug-likeness (QED) is 0.641. The molecule has 4 saturated carbocycles. The van der Waals surface area contributed by atoms with Gasteiger partial charge in [-0.05, 0) is 80.5 Å². The molecule has 0 aromatic carbocycles. The van der Waals surface area contributed by atoms with Crippen LogP contribution in [0.2, 0.25) is 0 Å². The monoisotopic (exact) mass is 388 g/mol. The Bertz CT molecular complexity index is 713. The molecule has 8 atom stereocenters. The number of rotatable bonds is 2. The SMILES string of the molecule is CC(=O)O[C@H]1CC[C@]2(C)[C@H]3CC(=O)[C@]4(C)[C@@H](C(C)=O)CC[C@H]4[C@@H]3CC[C@@]2(C)C1. The fourth-order valence-corrected chi connectivity index (χ4v) is 8.28. The van der Waals surface area contributed by atoms with E-state index >= 15 is 0 Å². The zero-order valence-electron chi connectivity index (χ0n) is 18.2. The lowest BCUT2D eigenvalue weighted by Gasteiger charge is -2.64. The normalized spacial score (nSPS) is 50.3. The summed E-state index contributed by atoms with van der Waals surface area (Å²) < 4.78 is 5.59. The minimum Gasteiger partial charge on any atom is -0.463 e. The molecule has 28 heavy (non-hydrogen) atoms. The van der Waals surface area contributed by atoms with E-state index < -0.39 is 5.41 Å². The van der Waals surface area contributed by atoms with Crippen molar-refractivity contribution in [2.24, 2.45) is 39.9 Å². The maximum absolute atomic E-state index is 13.5. The van der Waals surface area contributed by atoms with Gasteiger partial charge in [0.1, 0.15) is 17.7 Å². The topological polar surface area (TPSA) is 60.4 Å². The van der Waals surface area contributed by atoms with Gasteiger partial charge in [-0.25, -0.2) is 0 Å². The summed E-state index contributed by atoms with van der Waals surface area (Å²) in [4.78, 5) is 37.2. The molecule has 0 aliphatic heterocycles. The first kappa shape index (κ1) is 20.1. The highest BCUT2D eigenvalue weighted by Crippen LogP contribution is 2.70. The summed E-state index contributed by atoms with van der Waals surface area (Å²) in [6, 6.07) is 0. The third kappa shape index (κ3) is 2.58. The first-order valence-corrected chi connectivity index (χ1v) is 11.2. The molecule has 0 unspecified atom stereocenters. The van der Waals surface area contributed by atoms with Crippen LogP contribution >= 0.6 is 0 Å². The summed E-state index contributed by atoms with van der Waals surface area (Å²) in [7, 11) is 0. The molecule has 4 rings (SSSR count). The summed E-state index contributed by atoms with van der Waals surface area (Å²) >= 11 is 0. The maximum Gasteiger partial charge on any atom is 0.302 e. The number of hydrogen-bond acceptors (Lipinski definition) is 4. The van der Waals surface area contributed by atoms with Gasteiger partial charge in [0, 0.05) is 24.7 Å². The first-order chi connectivity index (χ1) is 13.0. The van der Waals surface area contributed by atoms with Crippen molar-refractivity contribution >= 4 is 17.5 Å². The minimum atomic E-state index is -0.438. The molecule has 0 amide bonds. The number of carbonyl (C=O) groups is 3. The molecule has 4 aliphatic carbocycles. The van der Waals surface area contributed by atoms with Crippen molar-refractivity contribution in [3.63, 3.8) is 0 Å². The van der Waals surface area contributed by atoms with E-state index in [1.165, 1.54) is 6.92 Å². The van der Waals surface area contributed by atoms with Gasteiger partial charge >= 0.3 is 5.97 Å². The van der Waals surface area contributed by atoms with Crippen LogP contribution in [0.4, 0.5) is 0 Å². The minimum absolute atomic E-state index is 0.0188. The summed E-state index contributed by atoms with van der Waals surface area (Å²) in [6.45, 7) is 10.0. The van der Waals surface area contributed by atoms with Crippen molar-refractivity contribution in [1.82, 2.24) is 0 Å². The lowest BCUT2D eigenvalue weighted by molar-refractivity contribution is -0.185. The smallest absolute Gasteiger partial charge is 0.302 e. The van der Waals surface area contributed by atoms with Crippen LogP contribution in [0, 0.1) is 39.9 Å². The van der Waals surface area contributed by atoms with Crippen molar-refractivity contribution in [2.45, 2.75) is 92.1 Å². The van der Waals surface area contributed by atoms with Crippen molar-refractivity contribution in [2.75, 3.05) is 0 Å². The molecule has 0 aromatic rings. The van der Waals surface area contributed by atoms with Gasteiger partial charge in [-0.1, -0.05) is 20.8 Å². The van der Waals surface area contributed by atoms with E-state index in [0.717, 1.165) is 44.9 Å². The Morgan fingerprint density at radius 1 is 0.964 bits per heavy atom. The van der Waals surface area contributed by atoms with Crippen LogP contribution in [-0.2, 0) is 19.1 Å². The largest absolute Gasteiger partial charge is 0.463 e. The maximum atomic E-state index is 13.5. The molecule has 4 nitrogen and oxygen atoms in total. The molecular formula is C24H36O4. The Kier molecular flexibility index (Phi) is 4.60. The highest BCUT2D eigenvalue weighted by molar-refractivity contribution is 5.93. The Labute approximate surface area is 169 Å². The average Bonchev–Trinajstić information content (AvgIpc) is 2.95. The molecule has 0 radical (unpaired) electrons. The molecule has 0 saturated heterocycles. The number of esters is 1. The van der Waals surface area contributed by atoms with Crippen LogP contribution in [-0.4, -0.2) is 23.6 Å². The summed E-state index contributed by atoms with van der Waals surface area (Å²) in [5, 5.41) is 0. The van der Waals surface area contributed by atoms with Crippen molar-refractivity contribution in [3.05, 3.63) is 0 Å². The molecular weight excluding hydrogens is 352 g/mol. The predicted molar refractivity (Wildman–Crippen MR) is 106 cm³/mol. The Balaban J connectivity index is 1.64. The lowest BCUT2D eigenvalue weighted by atomic mass is 9.40. The summed E-state index contributed by atoms with van der Waals surface area (Å²) in [5.41, 5.74) is -0.219. The molecule has 4 aliphatic rings.